The summed E-state index contributed by atoms with van der Waals surface area (Å²) in [5.41, 5.74) is 1.83. The van der Waals surface area contributed by atoms with Crippen molar-refractivity contribution in [2.45, 2.75) is 24.0 Å². The van der Waals surface area contributed by atoms with E-state index in [1.165, 1.54) is 37.3 Å². The molecule has 2 aromatic carbocycles. The van der Waals surface area contributed by atoms with Gasteiger partial charge in [-0.3, -0.25) is 9.59 Å². The van der Waals surface area contributed by atoms with E-state index < -0.39 is 0 Å². The van der Waals surface area contributed by atoms with E-state index in [1.54, 1.807) is 30.3 Å². The first-order valence-electron chi connectivity index (χ1n) is 9.43. The molecule has 1 unspecified atom stereocenters. The Hall–Kier alpha value is -3.04. The van der Waals surface area contributed by atoms with Crippen LogP contribution < -0.4 is 20.1 Å². The molecule has 2 amide bonds. The number of benzene rings is 2. The average Bonchev–Trinajstić information content (AvgIpc) is 3.18. The number of thioether (sulfide) groups is 1. The van der Waals surface area contributed by atoms with Crippen molar-refractivity contribution in [3.05, 3.63) is 59.1 Å². The Labute approximate surface area is 189 Å². The predicted octanol–water partition coefficient (Wildman–Crippen LogP) is 4.84. The molecule has 3 rings (SSSR count). The Morgan fingerprint density at radius 3 is 2.23 bits per heavy atom. The molecule has 0 aliphatic carbocycles. The van der Waals surface area contributed by atoms with E-state index in [4.69, 9.17) is 9.47 Å². The second kappa shape index (κ2) is 10.3. The zero-order valence-electron chi connectivity index (χ0n) is 17.6. The summed E-state index contributed by atoms with van der Waals surface area (Å²) in [6, 6.07) is 12.5. The summed E-state index contributed by atoms with van der Waals surface area (Å²) >= 11 is 2.83. The lowest BCUT2D eigenvalue weighted by Gasteiger charge is -2.14. The molecule has 2 N–H and O–H groups in total. The van der Waals surface area contributed by atoms with Crippen molar-refractivity contribution in [3.63, 3.8) is 0 Å². The maximum Gasteiger partial charge on any atom is 0.263 e. The maximum atomic E-state index is 12.8. The molecule has 0 bridgehead atoms. The number of thiazole rings is 1. The van der Waals surface area contributed by atoms with Gasteiger partial charge in [-0.15, -0.1) is 23.1 Å². The summed E-state index contributed by atoms with van der Waals surface area (Å²) in [6.45, 7) is 3.72. The molecule has 1 aromatic heterocycles. The van der Waals surface area contributed by atoms with Crippen LogP contribution >= 0.6 is 23.1 Å². The summed E-state index contributed by atoms with van der Waals surface area (Å²) in [4.78, 5) is 30.3. The van der Waals surface area contributed by atoms with Crippen molar-refractivity contribution < 1.29 is 19.1 Å². The van der Waals surface area contributed by atoms with E-state index in [1.807, 2.05) is 31.4 Å². The minimum absolute atomic E-state index is 0.111. The van der Waals surface area contributed by atoms with Gasteiger partial charge in [-0.25, -0.2) is 4.98 Å². The molecule has 3 aromatic rings. The Bertz CT molecular complexity index is 1040. The summed E-state index contributed by atoms with van der Waals surface area (Å²) < 4.78 is 10.6. The summed E-state index contributed by atoms with van der Waals surface area (Å²) in [6.07, 6.45) is 0. The number of nitrogens with zero attached hydrogens (tertiary/aromatic N) is 1. The number of amides is 2. The lowest BCUT2D eigenvalue weighted by Crippen LogP contribution is -2.22. The van der Waals surface area contributed by atoms with Gasteiger partial charge in [0, 0.05) is 16.0 Å². The fraction of sp³-hybridized carbons (Fsp3) is 0.227. The van der Waals surface area contributed by atoms with Crippen molar-refractivity contribution in [2.75, 3.05) is 24.9 Å². The fourth-order valence-electron chi connectivity index (χ4n) is 2.76. The topological polar surface area (TPSA) is 89.5 Å². The Morgan fingerprint density at radius 2 is 1.68 bits per heavy atom. The zero-order valence-corrected chi connectivity index (χ0v) is 19.2. The predicted molar refractivity (Wildman–Crippen MR) is 125 cm³/mol. The van der Waals surface area contributed by atoms with E-state index in [0.717, 1.165) is 10.6 Å². The fourth-order valence-corrected chi connectivity index (χ4v) is 4.32. The van der Waals surface area contributed by atoms with Crippen LogP contribution in [0.25, 0.3) is 0 Å². The van der Waals surface area contributed by atoms with E-state index in [0.29, 0.717) is 27.9 Å². The third-order valence-electron chi connectivity index (χ3n) is 4.30. The van der Waals surface area contributed by atoms with E-state index in [2.05, 4.69) is 15.6 Å². The van der Waals surface area contributed by atoms with Crippen molar-refractivity contribution >= 4 is 45.7 Å². The Balaban J connectivity index is 1.63. The van der Waals surface area contributed by atoms with Gasteiger partial charge < -0.3 is 20.1 Å². The number of methoxy groups -OCH3 is 2. The number of nitrogens with one attached hydrogen (secondary N) is 2. The molecule has 0 aliphatic rings. The van der Waals surface area contributed by atoms with Crippen molar-refractivity contribution in [3.8, 4) is 11.5 Å². The molecule has 0 fully saturated rings. The van der Waals surface area contributed by atoms with Gasteiger partial charge in [0.1, 0.15) is 17.1 Å². The second-order valence-corrected chi connectivity index (χ2v) is 8.83. The van der Waals surface area contributed by atoms with Gasteiger partial charge in [0.2, 0.25) is 5.91 Å². The Morgan fingerprint density at radius 1 is 1.03 bits per heavy atom. The van der Waals surface area contributed by atoms with Crippen molar-refractivity contribution in [1.29, 1.82) is 0 Å². The van der Waals surface area contributed by atoms with Crippen LogP contribution in [-0.4, -0.2) is 36.3 Å². The van der Waals surface area contributed by atoms with E-state index >= 15 is 0 Å². The molecule has 0 saturated heterocycles. The van der Waals surface area contributed by atoms with E-state index in [9.17, 15) is 9.59 Å². The number of hydrogen-bond donors (Lipinski definition) is 2. The minimum atomic E-state index is -0.332. The van der Waals surface area contributed by atoms with Gasteiger partial charge in [-0.05, 0) is 50.2 Å². The monoisotopic (exact) mass is 457 g/mol. The van der Waals surface area contributed by atoms with E-state index in [-0.39, 0.29) is 17.1 Å². The highest BCUT2D eigenvalue weighted by atomic mass is 32.2. The third-order valence-corrected chi connectivity index (χ3v) is 6.29. The second-order valence-electron chi connectivity index (χ2n) is 6.56. The standard InChI is InChI=1S/C22H23N3O4S2/c1-13-12-30-22(23-13)25-20(26)14(2)31-16-10-8-15(9-11-16)24-21(27)19-17(28-3)6-5-7-18(19)29-4/h5-12,14H,1-4H3,(H,24,27)(H,23,25,26). The Kier molecular flexibility index (Phi) is 7.54. The third kappa shape index (κ3) is 5.77. The molecule has 7 nitrogen and oxygen atoms in total. The lowest BCUT2D eigenvalue weighted by atomic mass is 10.1. The van der Waals surface area contributed by atoms with Crippen LogP contribution in [0, 0.1) is 6.92 Å². The number of hydrogen-bond acceptors (Lipinski definition) is 7. The molecule has 0 radical (unpaired) electrons. The first-order valence-corrected chi connectivity index (χ1v) is 11.2. The van der Waals surface area contributed by atoms with Crippen LogP contribution in [0.15, 0.2) is 52.7 Å². The highest BCUT2D eigenvalue weighted by Crippen LogP contribution is 2.30. The number of anilines is 2. The SMILES string of the molecule is COc1cccc(OC)c1C(=O)Nc1ccc(SC(C)C(=O)Nc2nc(C)cs2)cc1. The molecule has 1 heterocycles. The first kappa shape index (κ1) is 22.6. The number of rotatable bonds is 8. The normalized spacial score (nSPS) is 11.5. The van der Waals surface area contributed by atoms with Crippen molar-refractivity contribution in [1.82, 2.24) is 4.98 Å². The molecule has 31 heavy (non-hydrogen) atoms. The van der Waals surface area contributed by atoms with Crippen LogP contribution in [0.1, 0.15) is 23.0 Å². The van der Waals surface area contributed by atoms with Crippen LogP contribution in [0.4, 0.5) is 10.8 Å². The minimum Gasteiger partial charge on any atom is -0.496 e. The van der Waals surface area contributed by atoms with Crippen LogP contribution in [0.5, 0.6) is 11.5 Å². The van der Waals surface area contributed by atoms with Crippen LogP contribution in [-0.2, 0) is 4.79 Å². The highest BCUT2D eigenvalue weighted by molar-refractivity contribution is 8.00. The highest BCUT2D eigenvalue weighted by Gasteiger charge is 2.19. The molecule has 9 heteroatoms. The first-order chi connectivity index (χ1) is 14.9. The number of ether oxygens (including phenoxy) is 2. The summed E-state index contributed by atoms with van der Waals surface area (Å²) in [5, 5.41) is 7.86. The molecule has 0 spiro atoms. The van der Waals surface area contributed by atoms with Gasteiger partial charge >= 0.3 is 0 Å². The van der Waals surface area contributed by atoms with Crippen molar-refractivity contribution in [2.24, 2.45) is 0 Å². The van der Waals surface area contributed by atoms with Crippen LogP contribution in [0.2, 0.25) is 0 Å². The summed E-state index contributed by atoms with van der Waals surface area (Å²) in [7, 11) is 3.01. The smallest absolute Gasteiger partial charge is 0.263 e. The molecule has 0 saturated carbocycles. The number of carbonyl (C=O) groups is 2. The lowest BCUT2D eigenvalue weighted by molar-refractivity contribution is -0.115. The molecular formula is C22H23N3O4S2. The largest absolute Gasteiger partial charge is 0.496 e. The summed E-state index contributed by atoms with van der Waals surface area (Å²) in [5.74, 6) is 0.416. The molecule has 0 aliphatic heterocycles. The molecule has 1 atom stereocenters. The number of aromatic nitrogens is 1. The number of carbonyl (C=O) groups excluding carboxylic acids is 2. The quantitative estimate of drug-likeness (QED) is 0.471. The van der Waals surface area contributed by atoms with Crippen LogP contribution in [0.3, 0.4) is 0 Å². The molecule has 162 valence electrons. The maximum absolute atomic E-state index is 12.8. The average molecular weight is 458 g/mol. The van der Waals surface area contributed by atoms with Gasteiger partial charge in [-0.2, -0.15) is 0 Å². The van der Waals surface area contributed by atoms with Gasteiger partial charge in [-0.1, -0.05) is 6.07 Å². The van der Waals surface area contributed by atoms with Gasteiger partial charge in [0.15, 0.2) is 5.13 Å². The van der Waals surface area contributed by atoms with Gasteiger partial charge in [0.05, 0.1) is 25.2 Å². The molecular weight excluding hydrogens is 434 g/mol. The van der Waals surface area contributed by atoms with Gasteiger partial charge in [0.25, 0.3) is 5.91 Å². The number of aryl methyl sites for hydroxylation is 1. The zero-order chi connectivity index (χ0) is 22.4.